The molecule has 0 radical (unpaired) electrons. The van der Waals surface area contributed by atoms with Gasteiger partial charge in [-0.1, -0.05) is 12.1 Å². The van der Waals surface area contributed by atoms with E-state index in [0.29, 0.717) is 58.7 Å². The Balaban J connectivity index is 1.60. The average molecular weight is 528 g/mol. The summed E-state index contributed by atoms with van der Waals surface area (Å²) in [6.45, 7) is 5.45. The minimum Gasteiger partial charge on any atom is -0.382 e. The third-order valence-electron chi connectivity index (χ3n) is 7.52. The van der Waals surface area contributed by atoms with E-state index in [1.54, 1.807) is 6.07 Å². The van der Waals surface area contributed by atoms with Crippen LogP contribution in [-0.4, -0.2) is 69.4 Å². The highest BCUT2D eigenvalue weighted by Gasteiger charge is 2.36. The molecule has 0 unspecified atom stereocenters. The SMILES string of the molecule is CCOCCCO[C@@H](c1cccc(F)c1)[C@@H]1CCCN(C(=O)N[C@H](CNC)CC2CCC(F)(F)CC2)C1. The van der Waals surface area contributed by atoms with Gasteiger partial charge in [0.05, 0.1) is 6.10 Å². The Morgan fingerprint density at radius 3 is 2.70 bits per heavy atom. The first-order valence-electron chi connectivity index (χ1n) is 13.8. The molecule has 1 aliphatic heterocycles. The van der Waals surface area contributed by atoms with Crippen molar-refractivity contribution in [2.75, 3.05) is 46.5 Å². The number of piperidine rings is 1. The monoisotopic (exact) mass is 527 g/mol. The van der Waals surface area contributed by atoms with Gasteiger partial charge in [0.1, 0.15) is 5.82 Å². The Labute approximate surface area is 219 Å². The second kappa shape index (κ2) is 14.9. The minimum atomic E-state index is -2.55. The Kier molecular flexibility index (Phi) is 12.0. The molecule has 3 rings (SSSR count). The zero-order valence-corrected chi connectivity index (χ0v) is 22.3. The molecule has 0 spiro atoms. The lowest BCUT2D eigenvalue weighted by molar-refractivity contribution is -0.0473. The van der Waals surface area contributed by atoms with Crippen LogP contribution in [0.25, 0.3) is 0 Å². The molecular formula is C28H44F3N3O3. The minimum absolute atomic E-state index is 0.0386. The van der Waals surface area contributed by atoms with E-state index < -0.39 is 5.92 Å². The van der Waals surface area contributed by atoms with Crippen LogP contribution in [0.4, 0.5) is 18.0 Å². The number of carbonyl (C=O) groups is 1. The van der Waals surface area contributed by atoms with Crippen molar-refractivity contribution < 1.29 is 27.4 Å². The second-order valence-corrected chi connectivity index (χ2v) is 10.5. The lowest BCUT2D eigenvalue weighted by Gasteiger charge is -2.38. The number of alkyl halides is 2. The number of amides is 2. The van der Waals surface area contributed by atoms with Gasteiger partial charge >= 0.3 is 6.03 Å². The van der Waals surface area contributed by atoms with E-state index in [4.69, 9.17) is 9.47 Å². The molecule has 1 saturated carbocycles. The van der Waals surface area contributed by atoms with Crippen molar-refractivity contribution in [1.29, 1.82) is 0 Å². The van der Waals surface area contributed by atoms with E-state index in [0.717, 1.165) is 24.8 Å². The van der Waals surface area contributed by atoms with Crippen LogP contribution in [0.5, 0.6) is 0 Å². The third kappa shape index (κ3) is 9.76. The van der Waals surface area contributed by atoms with Crippen LogP contribution in [0.2, 0.25) is 0 Å². The van der Waals surface area contributed by atoms with Crippen LogP contribution in [0.15, 0.2) is 24.3 Å². The van der Waals surface area contributed by atoms with Gasteiger partial charge in [-0.15, -0.1) is 0 Å². The summed E-state index contributed by atoms with van der Waals surface area (Å²) in [6, 6.07) is 6.25. The summed E-state index contributed by atoms with van der Waals surface area (Å²) in [5, 5.41) is 6.28. The van der Waals surface area contributed by atoms with Crippen LogP contribution in [0, 0.1) is 17.7 Å². The molecule has 3 atom stereocenters. The molecule has 1 aromatic rings. The zero-order chi connectivity index (χ0) is 26.7. The van der Waals surface area contributed by atoms with Gasteiger partial charge in [-0.3, -0.25) is 0 Å². The van der Waals surface area contributed by atoms with E-state index in [9.17, 15) is 18.0 Å². The first-order valence-corrected chi connectivity index (χ1v) is 13.8. The summed E-state index contributed by atoms with van der Waals surface area (Å²) in [5.74, 6) is -2.63. The molecule has 2 fully saturated rings. The van der Waals surface area contributed by atoms with E-state index in [2.05, 4.69) is 10.6 Å². The first-order chi connectivity index (χ1) is 17.8. The van der Waals surface area contributed by atoms with E-state index >= 15 is 0 Å². The molecule has 1 heterocycles. The Morgan fingerprint density at radius 1 is 1.22 bits per heavy atom. The standard InChI is InChI=1S/C28H44F3N3O3/c1-3-36-15-6-16-37-26(22-7-4-9-24(29)18-22)23-8-5-14-34(20-23)27(35)33-25(19-32-2)17-21-10-12-28(30,31)13-11-21/h4,7,9,18,21,23,25-26,32H,3,5-6,8,10-17,19-20H2,1-2H3,(H,33,35)/t23-,25+,26+/m1/s1. The fourth-order valence-corrected chi connectivity index (χ4v) is 5.59. The van der Waals surface area contributed by atoms with Crippen LogP contribution in [-0.2, 0) is 9.47 Å². The third-order valence-corrected chi connectivity index (χ3v) is 7.52. The molecule has 2 amide bonds. The number of likely N-dealkylation sites (tertiary alicyclic amines) is 1. The van der Waals surface area contributed by atoms with E-state index in [-0.39, 0.29) is 48.7 Å². The van der Waals surface area contributed by atoms with Gasteiger partial charge in [-0.2, -0.15) is 0 Å². The zero-order valence-electron chi connectivity index (χ0n) is 22.3. The van der Waals surface area contributed by atoms with Gasteiger partial charge in [0, 0.05) is 64.3 Å². The van der Waals surface area contributed by atoms with Crippen LogP contribution < -0.4 is 10.6 Å². The molecule has 0 aromatic heterocycles. The lowest BCUT2D eigenvalue weighted by Crippen LogP contribution is -2.52. The highest BCUT2D eigenvalue weighted by atomic mass is 19.3. The van der Waals surface area contributed by atoms with Gasteiger partial charge in [-0.25, -0.2) is 18.0 Å². The van der Waals surface area contributed by atoms with Crippen molar-refractivity contribution in [3.8, 4) is 0 Å². The van der Waals surface area contributed by atoms with Crippen molar-refractivity contribution in [3.05, 3.63) is 35.6 Å². The summed E-state index contributed by atoms with van der Waals surface area (Å²) < 4.78 is 52.9. The number of nitrogens with zero attached hydrogens (tertiary/aromatic N) is 1. The van der Waals surface area contributed by atoms with Gasteiger partial charge in [0.15, 0.2) is 0 Å². The number of rotatable bonds is 13. The predicted octanol–water partition coefficient (Wildman–Crippen LogP) is 5.54. The van der Waals surface area contributed by atoms with Gasteiger partial charge in [0.25, 0.3) is 0 Å². The topological polar surface area (TPSA) is 62.8 Å². The maximum absolute atomic E-state index is 14.0. The Morgan fingerprint density at radius 2 is 2.00 bits per heavy atom. The number of hydrogen-bond donors (Lipinski definition) is 2. The smallest absolute Gasteiger partial charge is 0.317 e. The summed E-state index contributed by atoms with van der Waals surface area (Å²) >= 11 is 0. The summed E-state index contributed by atoms with van der Waals surface area (Å²) in [6.07, 6.45) is 3.67. The Bertz CT molecular complexity index is 819. The van der Waals surface area contributed by atoms with Crippen molar-refractivity contribution in [2.45, 2.75) is 76.4 Å². The van der Waals surface area contributed by atoms with Gasteiger partial charge < -0.3 is 25.0 Å². The first kappa shape index (κ1) is 29.7. The molecule has 210 valence electrons. The molecule has 6 nitrogen and oxygen atoms in total. The predicted molar refractivity (Wildman–Crippen MR) is 138 cm³/mol. The normalized spacial score (nSPS) is 22.0. The summed E-state index contributed by atoms with van der Waals surface area (Å²) in [4.78, 5) is 15.1. The quantitative estimate of drug-likeness (QED) is 0.331. The summed E-state index contributed by atoms with van der Waals surface area (Å²) in [7, 11) is 1.83. The molecular weight excluding hydrogens is 483 g/mol. The van der Waals surface area contributed by atoms with Crippen LogP contribution >= 0.6 is 0 Å². The molecule has 2 aliphatic rings. The van der Waals surface area contributed by atoms with Crippen molar-refractivity contribution in [1.82, 2.24) is 15.5 Å². The number of carbonyl (C=O) groups excluding carboxylic acids is 1. The fraction of sp³-hybridized carbons (Fsp3) is 0.750. The van der Waals surface area contributed by atoms with Crippen molar-refractivity contribution in [2.24, 2.45) is 11.8 Å². The molecule has 0 bridgehead atoms. The van der Waals surface area contributed by atoms with Crippen molar-refractivity contribution >= 4 is 6.03 Å². The molecule has 2 N–H and O–H groups in total. The fourth-order valence-electron chi connectivity index (χ4n) is 5.59. The van der Waals surface area contributed by atoms with Crippen LogP contribution in [0.1, 0.15) is 70.0 Å². The second-order valence-electron chi connectivity index (χ2n) is 10.5. The van der Waals surface area contributed by atoms with Gasteiger partial charge in [-0.05, 0) is 76.1 Å². The number of urea groups is 1. The highest BCUT2D eigenvalue weighted by Crippen LogP contribution is 2.38. The number of benzene rings is 1. The number of likely N-dealkylation sites (N-methyl/N-ethyl adjacent to an activating group) is 1. The maximum Gasteiger partial charge on any atom is 0.317 e. The summed E-state index contributed by atoms with van der Waals surface area (Å²) in [5.41, 5.74) is 0.783. The molecule has 1 aromatic carbocycles. The Hall–Kier alpha value is -1.84. The molecule has 1 saturated heterocycles. The number of halogens is 3. The van der Waals surface area contributed by atoms with E-state index in [1.165, 1.54) is 12.1 Å². The van der Waals surface area contributed by atoms with E-state index in [1.807, 2.05) is 24.9 Å². The number of nitrogens with one attached hydrogen (secondary N) is 2. The largest absolute Gasteiger partial charge is 0.382 e. The number of hydrogen-bond acceptors (Lipinski definition) is 4. The molecule has 37 heavy (non-hydrogen) atoms. The van der Waals surface area contributed by atoms with Crippen LogP contribution in [0.3, 0.4) is 0 Å². The maximum atomic E-state index is 14.0. The van der Waals surface area contributed by atoms with Crippen molar-refractivity contribution in [3.63, 3.8) is 0 Å². The van der Waals surface area contributed by atoms with Gasteiger partial charge in [0.2, 0.25) is 5.92 Å². The molecule has 9 heteroatoms. The number of ether oxygens (including phenoxy) is 2. The highest BCUT2D eigenvalue weighted by molar-refractivity contribution is 5.74. The molecule has 1 aliphatic carbocycles. The average Bonchev–Trinajstić information content (AvgIpc) is 2.87. The lowest BCUT2D eigenvalue weighted by atomic mass is 9.83.